The van der Waals surface area contributed by atoms with Crippen molar-refractivity contribution in [2.24, 2.45) is 5.41 Å². The summed E-state index contributed by atoms with van der Waals surface area (Å²) in [5.41, 5.74) is -1.65. The summed E-state index contributed by atoms with van der Waals surface area (Å²) in [5, 5.41) is 1.00. The van der Waals surface area contributed by atoms with Crippen LogP contribution in [0.1, 0.15) is 26.5 Å². The Morgan fingerprint density at radius 3 is 2.31 bits per heavy atom. The predicted molar refractivity (Wildman–Crippen MR) is 112 cm³/mol. The lowest BCUT2D eigenvalue weighted by atomic mass is 9.99. The Morgan fingerprint density at radius 2 is 1.69 bits per heavy atom. The fourth-order valence-electron chi connectivity index (χ4n) is 2.76. The van der Waals surface area contributed by atoms with E-state index in [4.69, 9.17) is 9.57 Å². The Balaban J connectivity index is 2.01. The van der Waals surface area contributed by atoms with Gasteiger partial charge in [-0.25, -0.2) is 9.37 Å². The molecule has 1 aromatic carbocycles. The van der Waals surface area contributed by atoms with E-state index in [2.05, 4.69) is 9.97 Å². The van der Waals surface area contributed by atoms with E-state index in [9.17, 15) is 17.6 Å². The summed E-state index contributed by atoms with van der Waals surface area (Å²) in [6, 6.07) is 12.0. The molecule has 2 aromatic heterocycles. The van der Waals surface area contributed by atoms with Crippen LogP contribution in [-0.4, -0.2) is 23.3 Å². The van der Waals surface area contributed by atoms with E-state index in [0.717, 1.165) is 17.3 Å². The Bertz CT molecular complexity index is 1040. The minimum atomic E-state index is -4.80. The molecule has 3 aromatic rings. The third-order valence-corrected chi connectivity index (χ3v) is 4.11. The molecule has 3 rings (SSSR count). The molecule has 0 aliphatic carbocycles. The number of hydrogen-bond acceptors (Lipinski definition) is 5. The summed E-state index contributed by atoms with van der Waals surface area (Å²) in [5.74, 6) is -0.343. The van der Waals surface area contributed by atoms with Crippen LogP contribution < -0.4 is 9.90 Å². The van der Waals surface area contributed by atoms with Gasteiger partial charge < -0.3 is 9.57 Å². The van der Waals surface area contributed by atoms with Gasteiger partial charge in [0.1, 0.15) is 11.5 Å². The number of rotatable bonds is 7. The number of hydrogen-bond donors (Lipinski definition) is 0. The number of para-hydroxylation sites is 1. The number of anilines is 1. The Labute approximate surface area is 183 Å². The number of aromatic nitrogens is 2. The highest BCUT2D eigenvalue weighted by Crippen LogP contribution is 2.37. The number of hydroxylamine groups is 1. The third kappa shape index (κ3) is 6.40. The second kappa shape index (κ2) is 9.52. The van der Waals surface area contributed by atoms with Gasteiger partial charge in [-0.2, -0.15) is 18.2 Å². The summed E-state index contributed by atoms with van der Waals surface area (Å²) >= 11 is 0. The van der Waals surface area contributed by atoms with Gasteiger partial charge in [-0.05, 0) is 35.7 Å². The summed E-state index contributed by atoms with van der Waals surface area (Å²) in [6.45, 7) is 5.86. The molecule has 0 atom stereocenters. The van der Waals surface area contributed by atoms with Gasteiger partial charge in [0.2, 0.25) is 0 Å². The maximum absolute atomic E-state index is 14.0. The van der Waals surface area contributed by atoms with Crippen molar-refractivity contribution < 1.29 is 27.1 Å². The molecule has 0 amide bonds. The van der Waals surface area contributed by atoms with Gasteiger partial charge in [0, 0.05) is 11.8 Å². The normalized spacial score (nSPS) is 12.0. The summed E-state index contributed by atoms with van der Waals surface area (Å²) in [4.78, 5) is 13.2. The molecule has 9 heteroatoms. The first-order chi connectivity index (χ1) is 15.0. The zero-order valence-corrected chi connectivity index (χ0v) is 17.9. The zero-order valence-electron chi connectivity index (χ0n) is 17.9. The lowest BCUT2D eigenvalue weighted by Crippen LogP contribution is -2.34. The number of alkyl halides is 3. The van der Waals surface area contributed by atoms with E-state index in [0.29, 0.717) is 12.4 Å². The highest BCUT2D eigenvalue weighted by atomic mass is 19.4. The van der Waals surface area contributed by atoms with Crippen LogP contribution >= 0.6 is 0 Å². The SMILES string of the molecule is CC(C)(C)COCN(Oc1ccccc1)c1ccc(-c2cncc(F)c2)nc1C(F)(F)F. The predicted octanol–water partition coefficient (Wildman–Crippen LogP) is 6.12. The Hall–Kier alpha value is -3.20. The van der Waals surface area contributed by atoms with Crippen molar-refractivity contribution >= 4 is 5.69 Å². The molecule has 0 aliphatic heterocycles. The molecule has 0 spiro atoms. The molecule has 170 valence electrons. The van der Waals surface area contributed by atoms with Gasteiger partial charge in [0.15, 0.2) is 18.2 Å². The molecule has 0 aliphatic rings. The highest BCUT2D eigenvalue weighted by Gasteiger charge is 2.38. The van der Waals surface area contributed by atoms with Crippen LogP contribution in [0.2, 0.25) is 0 Å². The van der Waals surface area contributed by atoms with Crippen LogP contribution in [0.4, 0.5) is 23.2 Å². The molecule has 0 unspecified atom stereocenters. The van der Waals surface area contributed by atoms with E-state index < -0.39 is 17.7 Å². The maximum Gasteiger partial charge on any atom is 0.435 e. The minimum Gasteiger partial charge on any atom is -0.377 e. The molecule has 5 nitrogen and oxygen atoms in total. The van der Waals surface area contributed by atoms with Crippen molar-refractivity contribution in [2.75, 3.05) is 18.4 Å². The Morgan fingerprint density at radius 1 is 0.969 bits per heavy atom. The van der Waals surface area contributed by atoms with Gasteiger partial charge in [-0.15, -0.1) is 0 Å². The molecule has 0 bridgehead atoms. The van der Waals surface area contributed by atoms with Crippen LogP contribution in [0.5, 0.6) is 5.75 Å². The number of benzene rings is 1. The monoisotopic (exact) mass is 449 g/mol. The Kier molecular flexibility index (Phi) is 6.98. The topological polar surface area (TPSA) is 47.5 Å². The summed E-state index contributed by atoms with van der Waals surface area (Å²) < 4.78 is 61.0. The first-order valence-electron chi connectivity index (χ1n) is 9.80. The number of nitrogens with zero attached hydrogens (tertiary/aromatic N) is 3. The second-order valence-electron chi connectivity index (χ2n) is 8.27. The molecule has 32 heavy (non-hydrogen) atoms. The van der Waals surface area contributed by atoms with E-state index >= 15 is 0 Å². The van der Waals surface area contributed by atoms with Gasteiger partial charge >= 0.3 is 6.18 Å². The van der Waals surface area contributed by atoms with Crippen LogP contribution in [-0.2, 0) is 10.9 Å². The van der Waals surface area contributed by atoms with Gasteiger partial charge in [0.05, 0.1) is 18.5 Å². The average molecular weight is 449 g/mol. The minimum absolute atomic E-state index is 0.0663. The number of ether oxygens (including phenoxy) is 1. The first kappa shape index (κ1) is 23.5. The van der Waals surface area contributed by atoms with Crippen LogP contribution in [0.3, 0.4) is 0 Å². The van der Waals surface area contributed by atoms with E-state index in [1.807, 2.05) is 20.8 Å². The molecule has 0 saturated heterocycles. The number of pyridine rings is 2. The number of halogens is 4. The lowest BCUT2D eigenvalue weighted by molar-refractivity contribution is -0.141. The van der Waals surface area contributed by atoms with Crippen LogP contribution in [0.25, 0.3) is 11.3 Å². The average Bonchev–Trinajstić information content (AvgIpc) is 2.72. The van der Waals surface area contributed by atoms with Crippen LogP contribution in [0.15, 0.2) is 60.9 Å². The maximum atomic E-state index is 14.0. The van der Waals surface area contributed by atoms with Gasteiger partial charge in [-0.1, -0.05) is 39.0 Å². The molecule has 0 fully saturated rings. The fourth-order valence-corrected chi connectivity index (χ4v) is 2.76. The van der Waals surface area contributed by atoms with E-state index in [-0.39, 0.29) is 29.1 Å². The van der Waals surface area contributed by atoms with Crippen molar-refractivity contribution in [1.82, 2.24) is 9.97 Å². The lowest BCUT2D eigenvalue weighted by Gasteiger charge is -2.28. The smallest absolute Gasteiger partial charge is 0.377 e. The van der Waals surface area contributed by atoms with Gasteiger partial charge in [-0.3, -0.25) is 4.98 Å². The van der Waals surface area contributed by atoms with Crippen molar-refractivity contribution in [3.8, 4) is 17.0 Å². The van der Waals surface area contributed by atoms with E-state index in [1.54, 1.807) is 30.3 Å². The van der Waals surface area contributed by atoms with Crippen molar-refractivity contribution in [3.05, 3.63) is 72.4 Å². The molecular weight excluding hydrogens is 426 g/mol. The van der Waals surface area contributed by atoms with Gasteiger partial charge in [0.25, 0.3) is 0 Å². The highest BCUT2D eigenvalue weighted by molar-refractivity contribution is 5.63. The first-order valence-corrected chi connectivity index (χ1v) is 9.80. The van der Waals surface area contributed by atoms with Crippen LogP contribution in [0, 0.1) is 11.2 Å². The molecule has 2 heterocycles. The van der Waals surface area contributed by atoms with Crippen molar-refractivity contribution in [3.63, 3.8) is 0 Å². The van der Waals surface area contributed by atoms with Crippen molar-refractivity contribution in [2.45, 2.75) is 26.9 Å². The quantitative estimate of drug-likeness (QED) is 0.247. The molecular formula is C23H23F4N3O2. The fraction of sp³-hybridized carbons (Fsp3) is 0.304. The standard InChI is InChI=1S/C23H23F4N3O2/c1-22(2,3)14-31-15-30(32-18-7-5-4-6-8-18)20-10-9-19(29-21(20)23(25,26)27)16-11-17(24)13-28-12-16/h4-13H,14-15H2,1-3H3. The molecule has 0 saturated carbocycles. The van der Waals surface area contributed by atoms with Crippen molar-refractivity contribution in [1.29, 1.82) is 0 Å². The largest absolute Gasteiger partial charge is 0.435 e. The van der Waals surface area contributed by atoms with E-state index in [1.165, 1.54) is 18.3 Å². The summed E-state index contributed by atoms with van der Waals surface area (Å²) in [6.07, 6.45) is -2.59. The third-order valence-electron chi connectivity index (χ3n) is 4.11. The second-order valence-corrected chi connectivity index (χ2v) is 8.27. The summed E-state index contributed by atoms with van der Waals surface area (Å²) in [7, 11) is 0. The molecule has 0 N–H and O–H groups in total. The molecule has 0 radical (unpaired) electrons. The zero-order chi connectivity index (χ0) is 23.4.